The molecule has 2 bridgehead atoms. The molecule has 0 saturated heterocycles. The van der Waals surface area contributed by atoms with Crippen LogP contribution >= 0.6 is 0 Å². The van der Waals surface area contributed by atoms with Crippen LogP contribution in [0.15, 0.2) is 0 Å². The van der Waals surface area contributed by atoms with Crippen molar-refractivity contribution in [3.05, 3.63) is 0 Å². The van der Waals surface area contributed by atoms with Crippen LogP contribution < -0.4 is 0 Å². The van der Waals surface area contributed by atoms with Gasteiger partial charge in [0.05, 0.1) is 0 Å². The third-order valence-electron chi connectivity index (χ3n) is 19.5. The van der Waals surface area contributed by atoms with Crippen molar-refractivity contribution in [1.82, 2.24) is 0 Å². The maximum atomic E-state index is 2.86. The summed E-state index contributed by atoms with van der Waals surface area (Å²) in [5, 5.41) is 0. The molecule has 2 spiro atoms. The Hall–Kier alpha value is 0. The topological polar surface area (TPSA) is 0 Å². The van der Waals surface area contributed by atoms with Crippen LogP contribution in [0.1, 0.15) is 123 Å². The Morgan fingerprint density at radius 3 is 1.94 bits per heavy atom. The van der Waals surface area contributed by atoms with Crippen LogP contribution in [0.4, 0.5) is 0 Å². The second-order valence-corrected chi connectivity index (χ2v) is 18.2. The molecule has 7 rings (SSSR count). The molecule has 7 saturated carbocycles. The van der Waals surface area contributed by atoms with Crippen molar-refractivity contribution < 1.29 is 0 Å². The van der Waals surface area contributed by atoms with E-state index >= 15 is 0 Å². The molecule has 7 fully saturated rings. The van der Waals surface area contributed by atoms with E-state index in [1.807, 2.05) is 0 Å². The SMILES string of the molecule is CCC(C)C1(C)C(C)C2C3CC45C6C(C)C(C)C4(C)C(C)(C)C4(C)CCC(C)(C3C(C)(C)C645)C21C. The van der Waals surface area contributed by atoms with Crippen LogP contribution in [0.2, 0.25) is 0 Å². The summed E-state index contributed by atoms with van der Waals surface area (Å²) in [6.07, 6.45) is 5.87. The van der Waals surface area contributed by atoms with Crippen molar-refractivity contribution in [2.24, 2.45) is 96.1 Å². The Kier molecular flexibility index (Phi) is 3.79. The first kappa shape index (κ1) is 24.1. The summed E-state index contributed by atoms with van der Waals surface area (Å²) in [6.45, 7) is 38.5. The molecule has 15 unspecified atom stereocenters. The Morgan fingerprint density at radius 2 is 1.37 bits per heavy atom. The Bertz CT molecular complexity index is 1030. The zero-order chi connectivity index (χ0) is 25.9. The molecule has 198 valence electrons. The van der Waals surface area contributed by atoms with Gasteiger partial charge in [-0.2, -0.15) is 0 Å². The molecule has 0 heteroatoms. The van der Waals surface area contributed by atoms with Crippen LogP contribution in [0, 0.1) is 96.1 Å². The fourth-order valence-electron chi connectivity index (χ4n) is 18.0. The first-order valence-electron chi connectivity index (χ1n) is 15.9. The molecular weight excluding hydrogens is 420 g/mol. The second-order valence-electron chi connectivity index (χ2n) is 18.2. The molecule has 0 aliphatic heterocycles. The zero-order valence-electron chi connectivity index (χ0n) is 25.9. The summed E-state index contributed by atoms with van der Waals surface area (Å²) in [6, 6.07) is 0. The molecular formula is C35H58. The fourth-order valence-corrected chi connectivity index (χ4v) is 18.0. The largest absolute Gasteiger partial charge is 0.0651 e. The molecule has 15 atom stereocenters. The Morgan fingerprint density at radius 1 is 0.771 bits per heavy atom. The summed E-state index contributed by atoms with van der Waals surface area (Å²) in [5.74, 6) is 7.18. The van der Waals surface area contributed by atoms with Gasteiger partial charge in [-0.25, -0.2) is 0 Å². The van der Waals surface area contributed by atoms with Gasteiger partial charge in [0.1, 0.15) is 0 Å². The normalized spacial score (nSPS) is 70.6. The average molecular weight is 479 g/mol. The monoisotopic (exact) mass is 478 g/mol. The molecule has 7 aliphatic rings. The average Bonchev–Trinajstić information content (AvgIpc) is 3.32. The Labute approximate surface area is 218 Å². The van der Waals surface area contributed by atoms with Crippen LogP contribution in [0.3, 0.4) is 0 Å². The molecule has 0 aromatic carbocycles. The highest BCUT2D eigenvalue weighted by molar-refractivity contribution is 5.51. The van der Waals surface area contributed by atoms with Crippen LogP contribution in [0.5, 0.6) is 0 Å². The molecule has 0 nitrogen and oxygen atoms in total. The predicted molar refractivity (Wildman–Crippen MR) is 148 cm³/mol. The van der Waals surface area contributed by atoms with Gasteiger partial charge in [0.2, 0.25) is 0 Å². The predicted octanol–water partition coefficient (Wildman–Crippen LogP) is 9.73. The number of hydrogen-bond donors (Lipinski definition) is 0. The molecule has 0 amide bonds. The summed E-state index contributed by atoms with van der Waals surface area (Å²) in [7, 11) is 0. The molecule has 35 heavy (non-hydrogen) atoms. The number of fused-ring (bicyclic) bond motifs is 3. The first-order chi connectivity index (χ1) is 15.9. The van der Waals surface area contributed by atoms with Crippen molar-refractivity contribution in [1.29, 1.82) is 0 Å². The lowest BCUT2D eigenvalue weighted by molar-refractivity contribution is -0.251. The lowest BCUT2D eigenvalue weighted by atomic mass is 9.32. The fraction of sp³-hybridized carbons (Fsp3) is 1.00. The molecule has 0 N–H and O–H groups in total. The van der Waals surface area contributed by atoms with Crippen molar-refractivity contribution in [2.45, 2.75) is 123 Å². The summed E-state index contributed by atoms with van der Waals surface area (Å²) < 4.78 is 0. The minimum atomic E-state index is 0.401. The van der Waals surface area contributed by atoms with E-state index in [-0.39, 0.29) is 0 Å². The summed E-state index contributed by atoms with van der Waals surface area (Å²) in [4.78, 5) is 0. The van der Waals surface area contributed by atoms with E-state index in [1.54, 1.807) is 6.42 Å². The highest BCUT2D eigenvalue weighted by Crippen LogP contribution is 3.09. The van der Waals surface area contributed by atoms with E-state index in [0.29, 0.717) is 48.7 Å². The van der Waals surface area contributed by atoms with E-state index in [2.05, 4.69) is 96.9 Å². The second kappa shape index (κ2) is 5.51. The van der Waals surface area contributed by atoms with E-state index < -0.39 is 0 Å². The van der Waals surface area contributed by atoms with Gasteiger partial charge in [-0.05, 0) is 115 Å². The van der Waals surface area contributed by atoms with Crippen molar-refractivity contribution in [3.8, 4) is 0 Å². The Balaban J connectivity index is 1.54. The molecule has 7 aliphatic carbocycles. The standard InChI is InChI=1S/C35H58/c1-15-19(2)31(12)22(5)24-23-18-34-25-20(3)21(4)32(34,13)28(8,9)30(11)17-16-29(10,33(24,31)14)26(23)27(6,7)35(25,30)34/h19-26H,15-18H2,1-14H3. The van der Waals surface area contributed by atoms with Gasteiger partial charge in [0, 0.05) is 0 Å². The van der Waals surface area contributed by atoms with Gasteiger partial charge < -0.3 is 0 Å². The van der Waals surface area contributed by atoms with Crippen LogP contribution in [-0.4, -0.2) is 0 Å². The smallest absolute Gasteiger partial charge is 0.00825 e. The molecule has 0 heterocycles. The quantitative estimate of drug-likeness (QED) is 0.370. The van der Waals surface area contributed by atoms with Gasteiger partial charge in [-0.3, -0.25) is 0 Å². The minimum Gasteiger partial charge on any atom is -0.0651 e. The van der Waals surface area contributed by atoms with Gasteiger partial charge in [-0.15, -0.1) is 0 Å². The highest BCUT2D eigenvalue weighted by atomic mass is 15.1. The van der Waals surface area contributed by atoms with E-state index in [1.165, 1.54) is 19.3 Å². The van der Waals surface area contributed by atoms with Gasteiger partial charge in [0.15, 0.2) is 0 Å². The van der Waals surface area contributed by atoms with Crippen molar-refractivity contribution in [2.75, 3.05) is 0 Å². The number of rotatable bonds is 2. The lowest BCUT2D eigenvalue weighted by Gasteiger charge is -2.72. The highest BCUT2D eigenvalue weighted by Gasteiger charge is 3.05. The third-order valence-corrected chi connectivity index (χ3v) is 19.5. The summed E-state index contributed by atoms with van der Waals surface area (Å²) >= 11 is 0. The van der Waals surface area contributed by atoms with Gasteiger partial charge >= 0.3 is 0 Å². The zero-order valence-corrected chi connectivity index (χ0v) is 25.9. The van der Waals surface area contributed by atoms with Crippen molar-refractivity contribution >= 4 is 0 Å². The van der Waals surface area contributed by atoms with E-state index in [9.17, 15) is 0 Å². The number of hydrogen-bond acceptors (Lipinski definition) is 0. The molecule has 0 radical (unpaired) electrons. The summed E-state index contributed by atoms with van der Waals surface area (Å²) in [5.41, 5.74) is 4.32. The van der Waals surface area contributed by atoms with Crippen LogP contribution in [-0.2, 0) is 0 Å². The van der Waals surface area contributed by atoms with Gasteiger partial charge in [-0.1, -0.05) is 103 Å². The third kappa shape index (κ3) is 1.51. The van der Waals surface area contributed by atoms with E-state index in [4.69, 9.17) is 0 Å². The first-order valence-corrected chi connectivity index (χ1v) is 15.9. The van der Waals surface area contributed by atoms with E-state index in [0.717, 1.165) is 47.3 Å². The van der Waals surface area contributed by atoms with Gasteiger partial charge in [0.25, 0.3) is 0 Å². The molecule has 0 aromatic rings. The molecule has 0 aromatic heterocycles. The van der Waals surface area contributed by atoms with Crippen molar-refractivity contribution in [3.63, 3.8) is 0 Å². The lowest BCUT2D eigenvalue weighted by Crippen LogP contribution is -2.67. The van der Waals surface area contributed by atoms with Crippen LogP contribution in [0.25, 0.3) is 0 Å². The maximum Gasteiger partial charge on any atom is -0.00825 e. The maximum absolute atomic E-state index is 2.86. The minimum absolute atomic E-state index is 0.401.